The molecule has 0 aliphatic carbocycles. The van der Waals surface area contributed by atoms with E-state index in [-0.39, 0.29) is 21.6 Å². The molecule has 4 rings (SSSR count). The first kappa shape index (κ1) is 24.3. The Morgan fingerprint density at radius 1 is 0.857 bits per heavy atom. The van der Waals surface area contributed by atoms with E-state index in [1.54, 1.807) is 24.3 Å². The lowest BCUT2D eigenvalue weighted by molar-refractivity contribution is -0.384. The van der Waals surface area contributed by atoms with Crippen LogP contribution < -0.4 is 15.2 Å². The number of para-hydroxylation sites is 2. The number of benzene rings is 3. The Kier molecular flexibility index (Phi) is 6.29. The van der Waals surface area contributed by atoms with Crippen LogP contribution >= 0.6 is 11.6 Å². The van der Waals surface area contributed by atoms with Crippen molar-refractivity contribution in [2.45, 2.75) is 9.79 Å². The van der Waals surface area contributed by atoms with E-state index in [4.69, 9.17) is 16.7 Å². The molecular weight excluding hydrogens is 520 g/mol. The summed E-state index contributed by atoms with van der Waals surface area (Å²) < 4.78 is 51.3. The van der Waals surface area contributed by atoms with Gasteiger partial charge in [0.2, 0.25) is 10.0 Å². The highest BCUT2D eigenvalue weighted by Gasteiger charge is 2.23. The summed E-state index contributed by atoms with van der Waals surface area (Å²) in [6.07, 6.45) is 0. The molecule has 1 aromatic heterocycles. The second-order valence-corrected chi connectivity index (χ2v) is 10.7. The summed E-state index contributed by atoms with van der Waals surface area (Å²) in [6, 6.07) is 15.1. The molecule has 0 fully saturated rings. The molecule has 0 saturated heterocycles. The van der Waals surface area contributed by atoms with Crippen molar-refractivity contribution in [3.05, 3.63) is 81.9 Å². The number of rotatable bonds is 7. The summed E-state index contributed by atoms with van der Waals surface area (Å²) >= 11 is 5.79. The van der Waals surface area contributed by atoms with Gasteiger partial charge in [-0.3, -0.25) is 14.8 Å². The number of fused-ring (bicyclic) bond motifs is 1. The van der Waals surface area contributed by atoms with E-state index < -0.39 is 35.6 Å². The summed E-state index contributed by atoms with van der Waals surface area (Å²) in [6.45, 7) is 0. The molecular formula is C20H15ClN6O6S2. The van der Waals surface area contributed by atoms with Crippen LogP contribution in [0.15, 0.2) is 76.5 Å². The number of sulfonamides is 2. The highest BCUT2D eigenvalue weighted by Crippen LogP contribution is 2.30. The van der Waals surface area contributed by atoms with Gasteiger partial charge in [0.05, 0.1) is 25.7 Å². The van der Waals surface area contributed by atoms with Crippen molar-refractivity contribution in [3.63, 3.8) is 0 Å². The topological polar surface area (TPSA) is 187 Å². The molecule has 0 amide bonds. The lowest BCUT2D eigenvalue weighted by Gasteiger charge is -2.14. The summed E-state index contributed by atoms with van der Waals surface area (Å²) in [5.41, 5.74) is 0.612. The van der Waals surface area contributed by atoms with Gasteiger partial charge < -0.3 is 5.32 Å². The van der Waals surface area contributed by atoms with Crippen molar-refractivity contribution < 1.29 is 21.8 Å². The average molecular weight is 535 g/mol. The molecule has 0 saturated carbocycles. The van der Waals surface area contributed by atoms with Crippen LogP contribution in [0.2, 0.25) is 5.02 Å². The SMILES string of the molecule is NS(=O)(=O)c1ccc(Nc2nc3ccccc3nc2NS(=O)(=O)c2ccc(Cl)c([N+](=O)[O-])c2)cc1. The fraction of sp³-hybridized carbons (Fsp3) is 0. The highest BCUT2D eigenvalue weighted by molar-refractivity contribution is 7.92. The molecule has 0 unspecified atom stereocenters. The third kappa shape index (κ3) is 5.30. The standard InChI is InChI=1S/C20H15ClN6O6S2/c21-15-10-9-14(11-18(15)27(28)29)35(32,33)26-20-19(24-16-3-1-2-4-17(16)25-20)23-12-5-7-13(8-6-12)34(22,30)31/h1-11H,(H,23,24)(H,25,26)(H2,22,30,31). The number of nitro groups is 1. The molecule has 1 heterocycles. The van der Waals surface area contributed by atoms with Crippen LogP contribution in [0.3, 0.4) is 0 Å². The fourth-order valence-corrected chi connectivity index (χ4v) is 4.74. The minimum atomic E-state index is -4.35. The predicted molar refractivity (Wildman–Crippen MR) is 130 cm³/mol. The molecule has 12 nitrogen and oxygen atoms in total. The van der Waals surface area contributed by atoms with E-state index >= 15 is 0 Å². The summed E-state index contributed by atoms with van der Waals surface area (Å²) in [5, 5.41) is 19.0. The molecule has 0 aliphatic heterocycles. The van der Waals surface area contributed by atoms with Crippen LogP contribution in [-0.4, -0.2) is 31.7 Å². The van der Waals surface area contributed by atoms with E-state index in [9.17, 15) is 26.9 Å². The van der Waals surface area contributed by atoms with Gasteiger partial charge in [0.1, 0.15) is 5.02 Å². The first-order chi connectivity index (χ1) is 16.4. The Balaban J connectivity index is 1.76. The largest absolute Gasteiger partial charge is 0.337 e. The van der Waals surface area contributed by atoms with Gasteiger partial charge in [-0.15, -0.1) is 0 Å². The monoisotopic (exact) mass is 534 g/mol. The van der Waals surface area contributed by atoms with Crippen molar-refractivity contribution >= 4 is 65.7 Å². The van der Waals surface area contributed by atoms with Gasteiger partial charge in [-0.1, -0.05) is 23.7 Å². The lowest BCUT2D eigenvalue weighted by atomic mass is 10.3. The van der Waals surface area contributed by atoms with Crippen molar-refractivity contribution in [2.75, 3.05) is 10.0 Å². The van der Waals surface area contributed by atoms with Gasteiger partial charge in [0, 0.05) is 11.8 Å². The van der Waals surface area contributed by atoms with Gasteiger partial charge in [-0.25, -0.2) is 31.9 Å². The first-order valence-corrected chi connectivity index (χ1v) is 13.0. The number of nitro benzene ring substituents is 1. The molecule has 0 bridgehead atoms. The van der Waals surface area contributed by atoms with E-state index in [0.29, 0.717) is 16.7 Å². The van der Waals surface area contributed by atoms with E-state index in [1.165, 1.54) is 24.3 Å². The average Bonchev–Trinajstić information content (AvgIpc) is 2.79. The summed E-state index contributed by atoms with van der Waals surface area (Å²) in [5.74, 6) is -0.198. The molecule has 35 heavy (non-hydrogen) atoms. The normalized spacial score (nSPS) is 11.8. The van der Waals surface area contributed by atoms with Crippen LogP contribution in [0, 0.1) is 10.1 Å². The van der Waals surface area contributed by atoms with Crippen LogP contribution in [0.1, 0.15) is 0 Å². The Bertz CT molecular complexity index is 1680. The van der Waals surface area contributed by atoms with E-state index in [0.717, 1.165) is 18.2 Å². The van der Waals surface area contributed by atoms with E-state index in [2.05, 4.69) is 20.0 Å². The Morgan fingerprint density at radius 3 is 2.00 bits per heavy atom. The zero-order valence-electron chi connectivity index (χ0n) is 17.4. The number of nitrogens with zero attached hydrogens (tertiary/aromatic N) is 3. The number of nitrogens with one attached hydrogen (secondary N) is 2. The first-order valence-electron chi connectivity index (χ1n) is 9.57. The minimum Gasteiger partial charge on any atom is -0.337 e. The maximum atomic E-state index is 13.0. The molecule has 3 aromatic carbocycles. The second-order valence-electron chi connectivity index (χ2n) is 7.08. The number of primary sulfonamides is 1. The van der Waals surface area contributed by atoms with Crippen LogP contribution in [0.5, 0.6) is 0 Å². The molecule has 4 aromatic rings. The zero-order valence-corrected chi connectivity index (χ0v) is 19.8. The molecule has 0 atom stereocenters. The second kappa shape index (κ2) is 9.07. The van der Waals surface area contributed by atoms with Gasteiger partial charge in [-0.05, 0) is 48.5 Å². The Morgan fingerprint density at radius 2 is 1.43 bits per heavy atom. The molecule has 0 aliphatic rings. The number of aromatic nitrogens is 2. The maximum absolute atomic E-state index is 13.0. The molecule has 0 radical (unpaired) electrons. The number of anilines is 3. The van der Waals surface area contributed by atoms with Gasteiger partial charge in [0.25, 0.3) is 15.7 Å². The van der Waals surface area contributed by atoms with Crippen molar-refractivity contribution in [3.8, 4) is 0 Å². The zero-order chi connectivity index (χ0) is 25.4. The minimum absolute atomic E-state index is 0.000839. The third-order valence-electron chi connectivity index (χ3n) is 4.67. The summed E-state index contributed by atoms with van der Waals surface area (Å²) in [4.78, 5) is 18.6. The van der Waals surface area contributed by atoms with Gasteiger partial charge >= 0.3 is 0 Å². The lowest BCUT2D eigenvalue weighted by Crippen LogP contribution is -2.16. The fourth-order valence-electron chi connectivity index (χ4n) is 3.01. The van der Waals surface area contributed by atoms with Gasteiger partial charge in [0.15, 0.2) is 11.6 Å². The molecule has 0 spiro atoms. The molecule has 180 valence electrons. The van der Waals surface area contributed by atoms with Crippen molar-refractivity contribution in [1.29, 1.82) is 0 Å². The highest BCUT2D eigenvalue weighted by atomic mass is 35.5. The Hall–Kier alpha value is -3.85. The number of hydrogen-bond donors (Lipinski definition) is 3. The van der Waals surface area contributed by atoms with Crippen LogP contribution in [0.25, 0.3) is 11.0 Å². The van der Waals surface area contributed by atoms with Crippen molar-refractivity contribution in [2.24, 2.45) is 5.14 Å². The number of halogens is 1. The predicted octanol–water partition coefficient (Wildman–Crippen LogP) is 3.38. The maximum Gasteiger partial charge on any atom is 0.289 e. The van der Waals surface area contributed by atoms with Crippen LogP contribution in [0.4, 0.5) is 23.0 Å². The van der Waals surface area contributed by atoms with E-state index in [1.807, 2.05) is 0 Å². The van der Waals surface area contributed by atoms with Crippen molar-refractivity contribution in [1.82, 2.24) is 9.97 Å². The van der Waals surface area contributed by atoms with Crippen LogP contribution in [-0.2, 0) is 20.0 Å². The van der Waals surface area contributed by atoms with Gasteiger partial charge in [-0.2, -0.15) is 0 Å². The quantitative estimate of drug-likeness (QED) is 0.236. The summed E-state index contributed by atoms with van der Waals surface area (Å²) in [7, 11) is -8.25. The Labute approximate surface area is 204 Å². The molecule has 4 N–H and O–H groups in total. The third-order valence-corrected chi connectivity index (χ3v) is 7.26. The number of nitrogens with two attached hydrogens (primary N) is 1. The number of hydrogen-bond acceptors (Lipinski definition) is 9. The molecule has 15 heteroatoms. The smallest absolute Gasteiger partial charge is 0.289 e.